The van der Waals surface area contributed by atoms with E-state index in [4.69, 9.17) is 9.72 Å². The van der Waals surface area contributed by atoms with Gasteiger partial charge in [0, 0.05) is 35.9 Å². The quantitative estimate of drug-likeness (QED) is 0.707. The van der Waals surface area contributed by atoms with Gasteiger partial charge in [0.2, 0.25) is 5.95 Å². The van der Waals surface area contributed by atoms with Crippen molar-refractivity contribution in [3.8, 4) is 17.1 Å². The lowest BCUT2D eigenvalue weighted by Gasteiger charge is -2.26. The van der Waals surface area contributed by atoms with Crippen LogP contribution in [0.15, 0.2) is 23.3 Å². The van der Waals surface area contributed by atoms with Crippen LogP contribution >= 0.6 is 0 Å². The van der Waals surface area contributed by atoms with Crippen LogP contribution in [0, 0.1) is 6.92 Å². The van der Waals surface area contributed by atoms with Gasteiger partial charge in [0.25, 0.3) is 5.56 Å². The second-order valence-corrected chi connectivity index (χ2v) is 7.38. The molecule has 0 bridgehead atoms. The molecule has 3 heterocycles. The van der Waals surface area contributed by atoms with Gasteiger partial charge in [-0.25, -0.2) is 15.0 Å². The van der Waals surface area contributed by atoms with Crippen LogP contribution in [-0.4, -0.2) is 38.2 Å². The predicted octanol–water partition coefficient (Wildman–Crippen LogP) is 3.50. The van der Waals surface area contributed by atoms with Gasteiger partial charge < -0.3 is 10.1 Å². The smallest absolute Gasteiger partial charge is 0.316 e. The third-order valence-corrected chi connectivity index (χ3v) is 5.48. The summed E-state index contributed by atoms with van der Waals surface area (Å²) in [5.41, 5.74) is 2.71. The molecule has 8 heteroatoms. The Morgan fingerprint density at radius 2 is 1.90 bits per heavy atom. The second-order valence-electron chi connectivity index (χ2n) is 7.38. The fourth-order valence-electron chi connectivity index (χ4n) is 4.03. The molecule has 0 saturated heterocycles. The molecule has 1 aliphatic carbocycles. The molecule has 0 amide bonds. The summed E-state index contributed by atoms with van der Waals surface area (Å²) in [6, 6.07) is 2.28. The molecule has 0 aliphatic heterocycles. The van der Waals surface area contributed by atoms with Crippen LogP contribution in [0.5, 0.6) is 6.01 Å². The zero-order valence-electron chi connectivity index (χ0n) is 17.1. The molecule has 0 spiro atoms. The molecule has 0 aromatic carbocycles. The van der Waals surface area contributed by atoms with Crippen molar-refractivity contribution in [3.63, 3.8) is 0 Å². The third kappa shape index (κ3) is 3.66. The number of anilines is 1. The number of nitrogens with zero attached hydrogens (tertiary/aromatic N) is 5. The molecule has 0 unspecified atom stereocenters. The van der Waals surface area contributed by atoms with Crippen molar-refractivity contribution in [1.82, 2.24) is 24.5 Å². The standard InChI is InChI=1S/C21H26N6O2/c1-4-22-20-25-13(2)16-10-17(14-11-23-21(29-3)24-12-14)19(28)27(18(16)26-20)15-8-6-5-7-9-15/h10-12,15H,4-9H2,1-3H3,(H,22,25,26). The number of aryl methyl sites for hydroxylation is 1. The van der Waals surface area contributed by atoms with E-state index >= 15 is 0 Å². The van der Waals surface area contributed by atoms with Gasteiger partial charge in [-0.1, -0.05) is 19.3 Å². The van der Waals surface area contributed by atoms with Crippen LogP contribution < -0.4 is 15.6 Å². The Morgan fingerprint density at radius 3 is 2.55 bits per heavy atom. The fraction of sp³-hybridized carbons (Fsp3) is 0.476. The highest BCUT2D eigenvalue weighted by atomic mass is 16.5. The van der Waals surface area contributed by atoms with E-state index in [-0.39, 0.29) is 17.6 Å². The lowest BCUT2D eigenvalue weighted by Crippen LogP contribution is -2.29. The monoisotopic (exact) mass is 394 g/mol. The normalized spacial score (nSPS) is 14.9. The Labute approximate surface area is 169 Å². The molecule has 0 radical (unpaired) electrons. The van der Waals surface area contributed by atoms with Gasteiger partial charge in [0.05, 0.1) is 18.4 Å². The Balaban J connectivity index is 1.97. The van der Waals surface area contributed by atoms with E-state index < -0.39 is 0 Å². The molecule has 3 aromatic heterocycles. The first-order valence-electron chi connectivity index (χ1n) is 10.2. The number of nitrogens with one attached hydrogen (secondary N) is 1. The van der Waals surface area contributed by atoms with Crippen molar-refractivity contribution >= 4 is 17.0 Å². The Bertz CT molecular complexity index is 1070. The zero-order chi connectivity index (χ0) is 20.4. The minimum Gasteiger partial charge on any atom is -0.467 e. The first kappa shape index (κ1) is 19.3. The van der Waals surface area contributed by atoms with Crippen molar-refractivity contribution in [1.29, 1.82) is 0 Å². The van der Waals surface area contributed by atoms with Crippen LogP contribution in [0.25, 0.3) is 22.2 Å². The largest absolute Gasteiger partial charge is 0.467 e. The molecular weight excluding hydrogens is 368 g/mol. The van der Waals surface area contributed by atoms with Crippen LogP contribution in [0.4, 0.5) is 5.95 Å². The average Bonchev–Trinajstić information content (AvgIpc) is 2.74. The van der Waals surface area contributed by atoms with Crippen LogP contribution in [0.2, 0.25) is 0 Å². The average molecular weight is 394 g/mol. The number of hydrogen-bond acceptors (Lipinski definition) is 7. The molecule has 152 valence electrons. The minimum atomic E-state index is -0.0567. The van der Waals surface area contributed by atoms with E-state index in [2.05, 4.69) is 20.3 Å². The molecule has 1 aliphatic rings. The maximum atomic E-state index is 13.6. The van der Waals surface area contributed by atoms with E-state index in [1.807, 2.05) is 24.5 Å². The maximum absolute atomic E-state index is 13.6. The van der Waals surface area contributed by atoms with E-state index in [1.54, 1.807) is 12.4 Å². The molecule has 4 rings (SSSR count). The fourth-order valence-corrected chi connectivity index (χ4v) is 4.03. The number of aromatic nitrogens is 5. The summed E-state index contributed by atoms with van der Waals surface area (Å²) in [6.07, 6.45) is 8.68. The number of fused-ring (bicyclic) bond motifs is 1. The van der Waals surface area contributed by atoms with Crippen LogP contribution in [0.3, 0.4) is 0 Å². The van der Waals surface area contributed by atoms with Crippen molar-refractivity contribution in [2.24, 2.45) is 0 Å². The molecule has 29 heavy (non-hydrogen) atoms. The number of ether oxygens (including phenoxy) is 1. The highest BCUT2D eigenvalue weighted by molar-refractivity contribution is 5.84. The summed E-state index contributed by atoms with van der Waals surface area (Å²) < 4.78 is 6.93. The van der Waals surface area contributed by atoms with Gasteiger partial charge in [-0.3, -0.25) is 9.36 Å². The SMILES string of the molecule is CCNc1nc(C)c2cc(-c3cnc(OC)nc3)c(=O)n(C3CCCCC3)c2n1. The van der Waals surface area contributed by atoms with Crippen molar-refractivity contribution < 1.29 is 4.74 Å². The first-order valence-corrected chi connectivity index (χ1v) is 10.2. The lowest BCUT2D eigenvalue weighted by molar-refractivity contribution is 0.353. The topological polar surface area (TPSA) is 94.8 Å². The molecule has 1 saturated carbocycles. The van der Waals surface area contributed by atoms with Crippen LogP contribution in [0.1, 0.15) is 50.8 Å². The highest BCUT2D eigenvalue weighted by Crippen LogP contribution is 2.31. The van der Waals surface area contributed by atoms with Gasteiger partial charge in [-0.2, -0.15) is 4.98 Å². The van der Waals surface area contributed by atoms with Crippen molar-refractivity contribution in [2.45, 2.75) is 52.0 Å². The zero-order valence-corrected chi connectivity index (χ0v) is 17.1. The summed E-state index contributed by atoms with van der Waals surface area (Å²) in [5, 5.41) is 4.06. The van der Waals surface area contributed by atoms with Crippen LogP contribution in [-0.2, 0) is 0 Å². The van der Waals surface area contributed by atoms with Gasteiger partial charge in [-0.05, 0) is 32.8 Å². The first-order chi connectivity index (χ1) is 14.1. The van der Waals surface area contributed by atoms with Gasteiger partial charge in [-0.15, -0.1) is 0 Å². The summed E-state index contributed by atoms with van der Waals surface area (Å²) >= 11 is 0. The number of methoxy groups -OCH3 is 1. The van der Waals surface area contributed by atoms with E-state index in [0.717, 1.165) is 43.3 Å². The van der Waals surface area contributed by atoms with Gasteiger partial charge in [0.1, 0.15) is 5.65 Å². The Hall–Kier alpha value is -3.03. The highest BCUT2D eigenvalue weighted by Gasteiger charge is 2.23. The number of pyridine rings is 1. The van der Waals surface area contributed by atoms with E-state index in [0.29, 0.717) is 22.7 Å². The molecule has 1 N–H and O–H groups in total. The van der Waals surface area contributed by atoms with Gasteiger partial charge in [0.15, 0.2) is 0 Å². The molecule has 1 fully saturated rings. The summed E-state index contributed by atoms with van der Waals surface area (Å²) in [4.78, 5) is 31.3. The van der Waals surface area contributed by atoms with E-state index in [9.17, 15) is 4.79 Å². The third-order valence-electron chi connectivity index (χ3n) is 5.48. The minimum absolute atomic E-state index is 0.0567. The number of hydrogen-bond donors (Lipinski definition) is 1. The maximum Gasteiger partial charge on any atom is 0.316 e. The molecule has 8 nitrogen and oxygen atoms in total. The second kappa shape index (κ2) is 8.14. The Morgan fingerprint density at radius 1 is 1.17 bits per heavy atom. The summed E-state index contributed by atoms with van der Waals surface area (Å²) in [7, 11) is 1.52. The number of rotatable bonds is 5. The van der Waals surface area contributed by atoms with E-state index in [1.165, 1.54) is 13.5 Å². The summed E-state index contributed by atoms with van der Waals surface area (Å²) in [5.74, 6) is 0.557. The molecule has 3 aromatic rings. The van der Waals surface area contributed by atoms with Crippen molar-refractivity contribution in [3.05, 3.63) is 34.5 Å². The molecule has 0 atom stereocenters. The van der Waals surface area contributed by atoms with Gasteiger partial charge >= 0.3 is 6.01 Å². The predicted molar refractivity (Wildman–Crippen MR) is 112 cm³/mol. The lowest BCUT2D eigenvalue weighted by atomic mass is 9.94. The molecular formula is C21H26N6O2. The summed E-state index contributed by atoms with van der Waals surface area (Å²) in [6.45, 7) is 4.68. The van der Waals surface area contributed by atoms with Crippen molar-refractivity contribution in [2.75, 3.05) is 19.0 Å². The Kier molecular flexibility index (Phi) is 5.42.